The third-order valence-electron chi connectivity index (χ3n) is 3.93. The zero-order valence-electron chi connectivity index (χ0n) is 13.8. The fourth-order valence-corrected chi connectivity index (χ4v) is 3.53. The van der Waals surface area contributed by atoms with E-state index in [0.717, 1.165) is 34.3 Å². The molecule has 0 radical (unpaired) electrons. The van der Waals surface area contributed by atoms with Crippen LogP contribution in [0.5, 0.6) is 0 Å². The molecule has 0 N–H and O–H groups in total. The van der Waals surface area contributed by atoms with E-state index in [1.807, 2.05) is 36.9 Å². The zero-order chi connectivity index (χ0) is 16.4. The largest absolute Gasteiger partial charge is 0.345 e. The molecular formula is C17H22N4OS. The van der Waals surface area contributed by atoms with Crippen LogP contribution in [0.25, 0.3) is 0 Å². The van der Waals surface area contributed by atoms with Crippen molar-refractivity contribution in [3.8, 4) is 0 Å². The van der Waals surface area contributed by atoms with Gasteiger partial charge in [0, 0.05) is 31.5 Å². The number of nitrogens with zero attached hydrogens (tertiary/aromatic N) is 4. The first-order valence-corrected chi connectivity index (χ1v) is 9.00. The molecule has 1 aromatic carbocycles. The molecule has 0 spiro atoms. The minimum atomic E-state index is 0.0425. The van der Waals surface area contributed by atoms with E-state index in [9.17, 15) is 4.79 Å². The van der Waals surface area contributed by atoms with Crippen LogP contribution in [-0.2, 0) is 11.5 Å². The normalized spacial score (nSPS) is 14.0. The van der Waals surface area contributed by atoms with Crippen LogP contribution in [0.15, 0.2) is 24.3 Å². The van der Waals surface area contributed by atoms with E-state index in [4.69, 9.17) is 0 Å². The Balaban J connectivity index is 1.61. The molecule has 5 nitrogen and oxygen atoms in total. The first kappa shape index (κ1) is 16.1. The van der Waals surface area contributed by atoms with Gasteiger partial charge in [-0.05, 0) is 37.5 Å². The molecule has 122 valence electrons. The van der Waals surface area contributed by atoms with E-state index in [1.54, 1.807) is 19.0 Å². The van der Waals surface area contributed by atoms with E-state index in [2.05, 4.69) is 20.8 Å². The Bertz CT molecular complexity index is 706. The molecular weight excluding hydrogens is 308 g/mol. The van der Waals surface area contributed by atoms with Crippen LogP contribution in [0, 0.1) is 6.92 Å². The minimum Gasteiger partial charge on any atom is -0.345 e. The number of aryl methyl sites for hydroxylation is 1. The van der Waals surface area contributed by atoms with Gasteiger partial charge in [0.2, 0.25) is 0 Å². The van der Waals surface area contributed by atoms with Crippen molar-refractivity contribution in [1.29, 1.82) is 0 Å². The van der Waals surface area contributed by atoms with Crippen molar-refractivity contribution in [2.45, 2.75) is 37.3 Å². The molecule has 0 bridgehead atoms. The second-order valence-corrected chi connectivity index (χ2v) is 7.14. The molecule has 1 fully saturated rings. The Labute approximate surface area is 141 Å². The average molecular weight is 330 g/mol. The van der Waals surface area contributed by atoms with Gasteiger partial charge in [0.25, 0.3) is 5.91 Å². The smallest absolute Gasteiger partial charge is 0.253 e. The zero-order valence-corrected chi connectivity index (χ0v) is 14.6. The number of hydrogen-bond acceptors (Lipinski definition) is 4. The number of rotatable bonds is 6. The summed E-state index contributed by atoms with van der Waals surface area (Å²) >= 11 is 1.81. The van der Waals surface area contributed by atoms with Crippen molar-refractivity contribution in [3.63, 3.8) is 0 Å². The van der Waals surface area contributed by atoms with E-state index in [0.29, 0.717) is 6.04 Å². The summed E-state index contributed by atoms with van der Waals surface area (Å²) in [4.78, 5) is 13.6. The summed E-state index contributed by atoms with van der Waals surface area (Å²) in [6.45, 7) is 2.02. The lowest BCUT2D eigenvalue weighted by Gasteiger charge is -2.11. The van der Waals surface area contributed by atoms with Gasteiger partial charge < -0.3 is 9.47 Å². The number of benzene rings is 1. The molecule has 2 aromatic rings. The Kier molecular flexibility index (Phi) is 4.71. The summed E-state index contributed by atoms with van der Waals surface area (Å²) in [5, 5.41) is 8.52. The maximum absolute atomic E-state index is 12.0. The number of carbonyl (C=O) groups excluding carboxylic acids is 1. The number of amides is 1. The van der Waals surface area contributed by atoms with Crippen LogP contribution in [0.2, 0.25) is 0 Å². The highest BCUT2D eigenvalue weighted by Crippen LogP contribution is 2.37. The molecule has 0 aliphatic heterocycles. The lowest BCUT2D eigenvalue weighted by atomic mass is 10.1. The van der Waals surface area contributed by atoms with Gasteiger partial charge in [0.05, 0.1) is 5.75 Å². The van der Waals surface area contributed by atoms with Gasteiger partial charge in [-0.3, -0.25) is 4.79 Å². The van der Waals surface area contributed by atoms with Crippen molar-refractivity contribution in [2.24, 2.45) is 0 Å². The lowest BCUT2D eigenvalue weighted by molar-refractivity contribution is 0.0827. The number of aromatic nitrogens is 3. The lowest BCUT2D eigenvalue weighted by Crippen LogP contribution is -2.21. The van der Waals surface area contributed by atoms with Crippen LogP contribution in [0.1, 0.15) is 46.5 Å². The van der Waals surface area contributed by atoms with Gasteiger partial charge in [-0.1, -0.05) is 12.1 Å². The molecule has 1 aliphatic carbocycles. The van der Waals surface area contributed by atoms with Gasteiger partial charge >= 0.3 is 0 Å². The van der Waals surface area contributed by atoms with Crippen LogP contribution in [0.3, 0.4) is 0 Å². The predicted octanol–water partition coefficient (Wildman–Crippen LogP) is 3.06. The SMILES string of the molecule is Cc1nnc(CSCc2cccc(C(=O)N(C)C)c2)n1C1CC1. The highest BCUT2D eigenvalue weighted by molar-refractivity contribution is 7.97. The van der Waals surface area contributed by atoms with Gasteiger partial charge in [-0.15, -0.1) is 22.0 Å². The van der Waals surface area contributed by atoms with Crippen LogP contribution >= 0.6 is 11.8 Å². The quantitative estimate of drug-likeness (QED) is 0.817. The van der Waals surface area contributed by atoms with E-state index >= 15 is 0 Å². The first-order chi connectivity index (χ1) is 11.1. The highest BCUT2D eigenvalue weighted by atomic mass is 32.2. The summed E-state index contributed by atoms with van der Waals surface area (Å²) in [7, 11) is 3.55. The van der Waals surface area contributed by atoms with E-state index in [1.165, 1.54) is 12.8 Å². The van der Waals surface area contributed by atoms with Gasteiger partial charge in [0.15, 0.2) is 0 Å². The third kappa shape index (κ3) is 3.75. The molecule has 3 rings (SSSR count). The Morgan fingerprint density at radius 2 is 2.09 bits per heavy atom. The topological polar surface area (TPSA) is 51.0 Å². The minimum absolute atomic E-state index is 0.0425. The van der Waals surface area contributed by atoms with Crippen LogP contribution < -0.4 is 0 Å². The van der Waals surface area contributed by atoms with E-state index < -0.39 is 0 Å². The maximum Gasteiger partial charge on any atom is 0.253 e. The highest BCUT2D eigenvalue weighted by Gasteiger charge is 2.27. The standard InChI is InChI=1S/C17H22N4OS/c1-12-18-19-16(21(12)15-7-8-15)11-23-10-13-5-4-6-14(9-13)17(22)20(2)3/h4-6,9,15H,7-8,10-11H2,1-3H3. The Morgan fingerprint density at radius 1 is 1.30 bits per heavy atom. The van der Waals surface area contributed by atoms with Crippen LogP contribution in [-0.4, -0.2) is 39.7 Å². The van der Waals surface area contributed by atoms with Gasteiger partial charge in [0.1, 0.15) is 11.6 Å². The summed E-state index contributed by atoms with van der Waals surface area (Å²) in [6, 6.07) is 8.47. The maximum atomic E-state index is 12.0. The number of hydrogen-bond donors (Lipinski definition) is 0. The molecule has 0 atom stereocenters. The number of thioether (sulfide) groups is 1. The van der Waals surface area contributed by atoms with Crippen molar-refractivity contribution >= 4 is 17.7 Å². The Hall–Kier alpha value is -1.82. The molecule has 1 aromatic heterocycles. The second kappa shape index (κ2) is 6.74. The molecule has 0 saturated heterocycles. The van der Waals surface area contributed by atoms with Gasteiger partial charge in [-0.25, -0.2) is 0 Å². The molecule has 23 heavy (non-hydrogen) atoms. The fraction of sp³-hybridized carbons (Fsp3) is 0.471. The Morgan fingerprint density at radius 3 is 2.78 bits per heavy atom. The molecule has 1 amide bonds. The molecule has 0 unspecified atom stereocenters. The van der Waals surface area contributed by atoms with Crippen molar-refractivity contribution in [1.82, 2.24) is 19.7 Å². The summed E-state index contributed by atoms with van der Waals surface area (Å²) in [5.74, 6) is 3.84. The predicted molar refractivity (Wildman–Crippen MR) is 92.5 cm³/mol. The molecule has 1 heterocycles. The molecule has 1 saturated carbocycles. The third-order valence-corrected chi connectivity index (χ3v) is 4.93. The van der Waals surface area contributed by atoms with Gasteiger partial charge in [-0.2, -0.15) is 0 Å². The second-order valence-electron chi connectivity index (χ2n) is 6.16. The summed E-state index contributed by atoms with van der Waals surface area (Å²) in [5.41, 5.74) is 1.90. The van der Waals surface area contributed by atoms with Crippen LogP contribution in [0.4, 0.5) is 0 Å². The van der Waals surface area contributed by atoms with Crippen molar-refractivity contribution in [3.05, 3.63) is 47.0 Å². The average Bonchev–Trinajstić information content (AvgIpc) is 3.30. The van der Waals surface area contributed by atoms with E-state index in [-0.39, 0.29) is 5.91 Å². The first-order valence-electron chi connectivity index (χ1n) is 7.85. The number of carbonyl (C=O) groups is 1. The molecule has 6 heteroatoms. The fourth-order valence-electron chi connectivity index (χ4n) is 2.63. The van der Waals surface area contributed by atoms with Crippen molar-refractivity contribution in [2.75, 3.05) is 14.1 Å². The monoisotopic (exact) mass is 330 g/mol. The van der Waals surface area contributed by atoms with Crippen molar-refractivity contribution < 1.29 is 4.79 Å². The summed E-state index contributed by atoms with van der Waals surface area (Å²) in [6.07, 6.45) is 2.48. The summed E-state index contributed by atoms with van der Waals surface area (Å²) < 4.78 is 2.28. The molecule has 1 aliphatic rings.